The summed E-state index contributed by atoms with van der Waals surface area (Å²) in [7, 11) is -0.618. The van der Waals surface area contributed by atoms with Crippen LogP contribution in [0.15, 0.2) is 0 Å². The van der Waals surface area contributed by atoms with Gasteiger partial charge in [-0.3, -0.25) is 4.21 Å². The maximum absolute atomic E-state index is 11.4. The molecule has 0 aromatic rings. The molecule has 0 amide bonds. The van der Waals surface area contributed by atoms with Crippen LogP contribution in [0.4, 0.5) is 0 Å². The molecule has 1 aliphatic heterocycles. The zero-order valence-electron chi connectivity index (χ0n) is 10.9. The average molecular weight is 246 g/mol. The van der Waals surface area contributed by atoms with Crippen molar-refractivity contribution in [3.05, 3.63) is 0 Å². The largest absolute Gasteiger partial charge is 0.312 e. The van der Waals surface area contributed by atoms with Gasteiger partial charge in [0.2, 0.25) is 0 Å². The predicted octanol–water partition coefficient (Wildman–Crippen LogP) is 1.07. The Labute approximate surface area is 102 Å². The first kappa shape index (κ1) is 14.1. The van der Waals surface area contributed by atoms with Gasteiger partial charge >= 0.3 is 0 Å². The van der Waals surface area contributed by atoms with Crippen molar-refractivity contribution in [1.82, 2.24) is 10.2 Å². The highest BCUT2D eigenvalue weighted by atomic mass is 32.2. The number of nitrogens with one attached hydrogen (secondary N) is 1. The SMILES string of the molecule is CCS(=O)CCN1CCCNC(C(C)C)C1. The van der Waals surface area contributed by atoms with Gasteiger partial charge in [0, 0.05) is 41.4 Å². The Hall–Kier alpha value is 0.0700. The van der Waals surface area contributed by atoms with Crippen LogP contribution in [0.3, 0.4) is 0 Å². The van der Waals surface area contributed by atoms with Crippen molar-refractivity contribution in [2.75, 3.05) is 37.7 Å². The maximum atomic E-state index is 11.4. The van der Waals surface area contributed by atoms with E-state index in [0.717, 1.165) is 37.7 Å². The molecule has 1 heterocycles. The first-order chi connectivity index (χ1) is 7.63. The van der Waals surface area contributed by atoms with Crippen LogP contribution in [0.25, 0.3) is 0 Å². The van der Waals surface area contributed by atoms with Gasteiger partial charge in [-0.05, 0) is 25.4 Å². The molecule has 0 spiro atoms. The highest BCUT2D eigenvalue weighted by Gasteiger charge is 2.19. The number of rotatable bonds is 5. The van der Waals surface area contributed by atoms with Crippen LogP contribution < -0.4 is 5.32 Å². The monoisotopic (exact) mass is 246 g/mol. The highest BCUT2D eigenvalue weighted by molar-refractivity contribution is 7.84. The number of nitrogens with zero attached hydrogens (tertiary/aromatic N) is 1. The van der Waals surface area contributed by atoms with Crippen LogP contribution in [0.2, 0.25) is 0 Å². The fraction of sp³-hybridized carbons (Fsp3) is 1.00. The molecule has 1 N–H and O–H groups in total. The van der Waals surface area contributed by atoms with Crippen LogP contribution in [-0.2, 0) is 10.8 Å². The van der Waals surface area contributed by atoms with Crippen LogP contribution in [-0.4, -0.2) is 52.8 Å². The Morgan fingerprint density at radius 1 is 1.50 bits per heavy atom. The molecular formula is C12H26N2OS. The summed E-state index contributed by atoms with van der Waals surface area (Å²) in [5.74, 6) is 2.30. The summed E-state index contributed by atoms with van der Waals surface area (Å²) < 4.78 is 11.4. The molecule has 0 saturated carbocycles. The van der Waals surface area contributed by atoms with E-state index in [2.05, 4.69) is 24.1 Å². The fourth-order valence-corrected chi connectivity index (χ4v) is 2.80. The van der Waals surface area contributed by atoms with Gasteiger partial charge in [-0.15, -0.1) is 0 Å². The average Bonchev–Trinajstić information content (AvgIpc) is 2.51. The highest BCUT2D eigenvalue weighted by Crippen LogP contribution is 2.08. The first-order valence-electron chi connectivity index (χ1n) is 6.44. The molecule has 2 unspecified atom stereocenters. The molecule has 2 atom stereocenters. The summed E-state index contributed by atoms with van der Waals surface area (Å²) in [6.45, 7) is 10.9. The van der Waals surface area contributed by atoms with Gasteiger partial charge in [-0.2, -0.15) is 0 Å². The van der Waals surface area contributed by atoms with Gasteiger partial charge < -0.3 is 10.2 Å². The van der Waals surface area contributed by atoms with E-state index in [4.69, 9.17) is 0 Å². The Kier molecular flexibility index (Phi) is 6.54. The van der Waals surface area contributed by atoms with E-state index in [1.54, 1.807) is 0 Å². The zero-order chi connectivity index (χ0) is 12.0. The Morgan fingerprint density at radius 2 is 2.25 bits per heavy atom. The molecule has 96 valence electrons. The van der Waals surface area contributed by atoms with E-state index in [0.29, 0.717) is 12.0 Å². The van der Waals surface area contributed by atoms with E-state index in [-0.39, 0.29) is 0 Å². The fourth-order valence-electron chi connectivity index (χ4n) is 2.05. The lowest BCUT2D eigenvalue weighted by molar-refractivity contribution is 0.258. The van der Waals surface area contributed by atoms with Crippen molar-refractivity contribution < 1.29 is 4.21 Å². The Balaban J connectivity index is 2.36. The van der Waals surface area contributed by atoms with Gasteiger partial charge in [0.25, 0.3) is 0 Å². The Morgan fingerprint density at radius 3 is 2.88 bits per heavy atom. The molecule has 1 aliphatic rings. The molecule has 1 saturated heterocycles. The normalized spacial score (nSPS) is 25.6. The molecule has 4 heteroatoms. The van der Waals surface area contributed by atoms with Gasteiger partial charge in [-0.25, -0.2) is 0 Å². The van der Waals surface area contributed by atoms with E-state index < -0.39 is 10.8 Å². The predicted molar refractivity (Wildman–Crippen MR) is 71.2 cm³/mol. The summed E-state index contributed by atoms with van der Waals surface area (Å²) >= 11 is 0. The van der Waals surface area contributed by atoms with E-state index in [9.17, 15) is 4.21 Å². The van der Waals surface area contributed by atoms with Gasteiger partial charge in [0.05, 0.1) is 0 Å². The van der Waals surface area contributed by atoms with Crippen LogP contribution in [0.1, 0.15) is 27.2 Å². The molecule has 16 heavy (non-hydrogen) atoms. The molecule has 0 aromatic carbocycles. The second kappa shape index (κ2) is 7.41. The smallest absolute Gasteiger partial charge is 0.0362 e. The van der Waals surface area contributed by atoms with E-state index in [1.165, 1.54) is 6.42 Å². The number of hydrogen-bond donors (Lipinski definition) is 1. The summed E-state index contributed by atoms with van der Waals surface area (Å²) in [6.07, 6.45) is 1.21. The molecule has 0 aliphatic carbocycles. The van der Waals surface area contributed by atoms with Crippen LogP contribution in [0, 0.1) is 5.92 Å². The minimum Gasteiger partial charge on any atom is -0.312 e. The molecule has 0 aromatic heterocycles. The van der Waals surface area contributed by atoms with Crippen molar-refractivity contribution >= 4 is 10.8 Å². The third-order valence-corrected chi connectivity index (χ3v) is 4.56. The van der Waals surface area contributed by atoms with Crippen molar-refractivity contribution in [1.29, 1.82) is 0 Å². The van der Waals surface area contributed by atoms with Crippen LogP contribution >= 0.6 is 0 Å². The third-order valence-electron chi connectivity index (χ3n) is 3.27. The van der Waals surface area contributed by atoms with Crippen LogP contribution in [0.5, 0.6) is 0 Å². The van der Waals surface area contributed by atoms with Gasteiger partial charge in [0.1, 0.15) is 0 Å². The summed E-state index contributed by atoms with van der Waals surface area (Å²) in [4.78, 5) is 2.47. The molecule has 0 radical (unpaired) electrons. The topological polar surface area (TPSA) is 32.3 Å². The standard InChI is InChI=1S/C12H26N2OS/c1-4-16(15)9-8-14-7-5-6-13-12(10-14)11(2)3/h11-13H,4-10H2,1-3H3. The molecular weight excluding hydrogens is 220 g/mol. The second-order valence-corrected chi connectivity index (χ2v) is 6.76. The van der Waals surface area contributed by atoms with Crippen molar-refractivity contribution in [3.8, 4) is 0 Å². The lowest BCUT2D eigenvalue weighted by Crippen LogP contribution is -2.42. The maximum Gasteiger partial charge on any atom is 0.0362 e. The zero-order valence-corrected chi connectivity index (χ0v) is 11.7. The van der Waals surface area contributed by atoms with Gasteiger partial charge in [0.15, 0.2) is 0 Å². The quantitative estimate of drug-likeness (QED) is 0.788. The van der Waals surface area contributed by atoms with Crippen molar-refractivity contribution in [2.24, 2.45) is 5.92 Å². The minimum atomic E-state index is -0.618. The summed E-state index contributed by atoms with van der Waals surface area (Å²) in [5, 5.41) is 3.60. The minimum absolute atomic E-state index is 0.595. The van der Waals surface area contributed by atoms with Gasteiger partial charge in [-0.1, -0.05) is 20.8 Å². The Bertz CT molecular complexity index is 221. The van der Waals surface area contributed by atoms with Crippen molar-refractivity contribution in [3.63, 3.8) is 0 Å². The first-order valence-corrected chi connectivity index (χ1v) is 7.93. The van der Waals surface area contributed by atoms with E-state index >= 15 is 0 Å². The van der Waals surface area contributed by atoms with E-state index in [1.807, 2.05) is 6.92 Å². The summed E-state index contributed by atoms with van der Waals surface area (Å²) in [5.41, 5.74) is 0. The lowest BCUT2D eigenvalue weighted by Gasteiger charge is -2.26. The molecule has 0 bridgehead atoms. The number of hydrogen-bond acceptors (Lipinski definition) is 3. The van der Waals surface area contributed by atoms with Crippen molar-refractivity contribution in [2.45, 2.75) is 33.2 Å². The molecule has 3 nitrogen and oxygen atoms in total. The lowest BCUT2D eigenvalue weighted by atomic mass is 10.0. The molecule has 1 fully saturated rings. The second-order valence-electron chi connectivity index (χ2n) is 4.89. The third kappa shape index (κ3) is 4.93. The summed E-state index contributed by atoms with van der Waals surface area (Å²) in [6, 6.07) is 0.595. The molecule has 1 rings (SSSR count).